The van der Waals surface area contributed by atoms with Gasteiger partial charge in [0.1, 0.15) is 18.4 Å². The Morgan fingerprint density at radius 1 is 1.21 bits per heavy atom. The minimum absolute atomic E-state index is 0.0693. The largest absolute Gasteiger partial charge is 0.492 e. The summed E-state index contributed by atoms with van der Waals surface area (Å²) in [6.07, 6.45) is 6.33. The number of fused-ring (bicyclic) bond motifs is 1. The third-order valence-electron chi connectivity index (χ3n) is 6.45. The molecule has 2 amide bonds. The van der Waals surface area contributed by atoms with Gasteiger partial charge in [-0.2, -0.15) is 0 Å². The smallest absolute Gasteiger partial charge is 0.255 e. The lowest BCUT2D eigenvalue weighted by Gasteiger charge is -2.30. The molecule has 156 valence electrons. The van der Waals surface area contributed by atoms with E-state index < -0.39 is 6.04 Å². The van der Waals surface area contributed by atoms with Crippen LogP contribution in [-0.4, -0.2) is 53.4 Å². The van der Waals surface area contributed by atoms with E-state index in [1.54, 1.807) is 4.90 Å². The zero-order chi connectivity index (χ0) is 20.4. The normalized spacial score (nSPS) is 25.6. The van der Waals surface area contributed by atoms with Gasteiger partial charge in [-0.15, -0.1) is 0 Å². The monoisotopic (exact) mass is 397 g/mol. The molecule has 0 bridgehead atoms. The van der Waals surface area contributed by atoms with Crippen molar-refractivity contribution >= 4 is 11.8 Å². The van der Waals surface area contributed by atoms with Gasteiger partial charge in [-0.05, 0) is 62.5 Å². The lowest BCUT2D eigenvalue weighted by molar-refractivity contribution is -0.126. The van der Waals surface area contributed by atoms with E-state index in [-0.39, 0.29) is 11.8 Å². The molecule has 2 atom stereocenters. The lowest BCUT2D eigenvalue weighted by Crippen LogP contribution is -2.49. The van der Waals surface area contributed by atoms with Crippen molar-refractivity contribution in [3.8, 4) is 5.75 Å². The van der Waals surface area contributed by atoms with Gasteiger partial charge in [-0.1, -0.05) is 26.3 Å². The van der Waals surface area contributed by atoms with E-state index in [1.165, 1.54) is 25.7 Å². The van der Waals surface area contributed by atoms with E-state index in [0.29, 0.717) is 37.6 Å². The Bertz CT molecular complexity index is 807. The summed E-state index contributed by atoms with van der Waals surface area (Å²) >= 11 is 0. The molecule has 1 N–H and O–H groups in total. The standard InChI is InChI=1S/C23H31N3O3/c1-3-25-12-6-4-5-7-18(25)15-29-19-9-10-20-17(13-19)14-26(23(20)28)21-11-8-16(2)24-22(21)27/h9-10,13,18,21H,2-8,11-12,14-15H2,1H3,(H,24,27). The van der Waals surface area contributed by atoms with Crippen LogP contribution in [0.3, 0.4) is 0 Å². The fraction of sp³-hybridized carbons (Fsp3) is 0.565. The van der Waals surface area contributed by atoms with Crippen molar-refractivity contribution in [3.63, 3.8) is 0 Å². The summed E-state index contributed by atoms with van der Waals surface area (Å²) in [7, 11) is 0. The summed E-state index contributed by atoms with van der Waals surface area (Å²) in [4.78, 5) is 29.4. The van der Waals surface area contributed by atoms with Crippen LogP contribution in [0, 0.1) is 0 Å². The molecule has 0 aliphatic carbocycles. The number of nitrogens with one attached hydrogen (secondary N) is 1. The maximum Gasteiger partial charge on any atom is 0.255 e. The van der Waals surface area contributed by atoms with Crippen LogP contribution in [0.25, 0.3) is 0 Å². The molecule has 3 aliphatic heterocycles. The first kappa shape index (κ1) is 20.0. The van der Waals surface area contributed by atoms with E-state index >= 15 is 0 Å². The topological polar surface area (TPSA) is 61.9 Å². The molecule has 4 rings (SSSR count). The van der Waals surface area contributed by atoms with Crippen molar-refractivity contribution < 1.29 is 14.3 Å². The number of piperidine rings is 1. The highest BCUT2D eigenvalue weighted by molar-refractivity contribution is 6.01. The Morgan fingerprint density at radius 3 is 2.86 bits per heavy atom. The average Bonchev–Trinajstić information content (AvgIpc) is 2.88. The SMILES string of the molecule is C=C1CCC(N2Cc3cc(OCC4CCCCCN4CC)ccc3C2=O)C(=O)N1. The number of benzene rings is 1. The highest BCUT2D eigenvalue weighted by atomic mass is 16.5. The van der Waals surface area contributed by atoms with Gasteiger partial charge in [0.25, 0.3) is 5.91 Å². The molecule has 2 fully saturated rings. The second-order valence-corrected chi connectivity index (χ2v) is 8.34. The van der Waals surface area contributed by atoms with E-state index in [9.17, 15) is 9.59 Å². The molecule has 2 unspecified atom stereocenters. The second-order valence-electron chi connectivity index (χ2n) is 8.34. The predicted molar refractivity (Wildman–Crippen MR) is 112 cm³/mol. The highest BCUT2D eigenvalue weighted by Crippen LogP contribution is 2.31. The molecule has 6 nitrogen and oxygen atoms in total. The fourth-order valence-corrected chi connectivity index (χ4v) is 4.75. The number of hydrogen-bond donors (Lipinski definition) is 1. The van der Waals surface area contributed by atoms with Gasteiger partial charge in [0.15, 0.2) is 0 Å². The number of hydrogen-bond acceptors (Lipinski definition) is 4. The summed E-state index contributed by atoms with van der Waals surface area (Å²) in [5.74, 6) is 0.604. The van der Waals surface area contributed by atoms with Crippen LogP contribution in [0.1, 0.15) is 61.4 Å². The molecule has 1 aromatic carbocycles. The molecule has 0 radical (unpaired) electrons. The van der Waals surface area contributed by atoms with Crippen molar-refractivity contribution in [3.05, 3.63) is 41.6 Å². The van der Waals surface area contributed by atoms with E-state index in [1.807, 2.05) is 18.2 Å². The maximum atomic E-state index is 12.8. The average molecular weight is 398 g/mol. The highest BCUT2D eigenvalue weighted by Gasteiger charge is 2.38. The molecule has 0 spiro atoms. The Kier molecular flexibility index (Phi) is 5.90. The number of amides is 2. The van der Waals surface area contributed by atoms with Gasteiger partial charge in [0, 0.05) is 23.8 Å². The molecule has 6 heteroatoms. The number of ether oxygens (including phenoxy) is 1. The fourth-order valence-electron chi connectivity index (χ4n) is 4.75. The van der Waals surface area contributed by atoms with E-state index in [2.05, 4.69) is 23.7 Å². The zero-order valence-corrected chi connectivity index (χ0v) is 17.3. The van der Waals surface area contributed by atoms with Crippen LogP contribution in [0.15, 0.2) is 30.5 Å². The van der Waals surface area contributed by atoms with E-state index in [0.717, 1.165) is 30.1 Å². The van der Waals surface area contributed by atoms with Gasteiger partial charge in [-0.3, -0.25) is 14.5 Å². The molecule has 2 saturated heterocycles. The second kappa shape index (κ2) is 8.57. The molecular formula is C23H31N3O3. The Morgan fingerprint density at radius 2 is 2.07 bits per heavy atom. The Labute approximate surface area is 172 Å². The van der Waals surface area contributed by atoms with Crippen LogP contribution in [0.2, 0.25) is 0 Å². The van der Waals surface area contributed by atoms with Crippen molar-refractivity contribution in [1.82, 2.24) is 15.1 Å². The first-order valence-corrected chi connectivity index (χ1v) is 10.9. The van der Waals surface area contributed by atoms with Gasteiger partial charge >= 0.3 is 0 Å². The number of carbonyl (C=O) groups is 2. The number of carbonyl (C=O) groups excluding carboxylic acids is 2. The molecule has 29 heavy (non-hydrogen) atoms. The van der Waals surface area contributed by atoms with Crippen LogP contribution >= 0.6 is 0 Å². The summed E-state index contributed by atoms with van der Waals surface area (Å²) in [6.45, 7) is 9.37. The van der Waals surface area contributed by atoms with Gasteiger partial charge in [0.05, 0.1) is 0 Å². The number of nitrogens with zero attached hydrogens (tertiary/aromatic N) is 2. The van der Waals surface area contributed by atoms with Crippen LogP contribution < -0.4 is 10.1 Å². The third kappa shape index (κ3) is 4.17. The molecular weight excluding hydrogens is 366 g/mol. The van der Waals surface area contributed by atoms with Crippen molar-refractivity contribution in [2.24, 2.45) is 0 Å². The van der Waals surface area contributed by atoms with E-state index in [4.69, 9.17) is 4.74 Å². The Hall–Kier alpha value is -2.34. The van der Waals surface area contributed by atoms with Crippen LogP contribution in [0.5, 0.6) is 5.75 Å². The minimum atomic E-state index is -0.422. The molecule has 3 heterocycles. The summed E-state index contributed by atoms with van der Waals surface area (Å²) in [5.41, 5.74) is 2.35. The number of likely N-dealkylation sites (N-methyl/N-ethyl adjacent to an activating group) is 1. The summed E-state index contributed by atoms with van der Waals surface area (Å²) < 4.78 is 6.15. The van der Waals surface area contributed by atoms with Crippen LogP contribution in [0.4, 0.5) is 0 Å². The first-order chi connectivity index (χ1) is 14.1. The molecule has 3 aliphatic rings. The number of likely N-dealkylation sites (tertiary alicyclic amines) is 1. The van der Waals surface area contributed by atoms with Gasteiger partial charge < -0.3 is 15.0 Å². The number of allylic oxidation sites excluding steroid dienone is 1. The molecule has 0 saturated carbocycles. The zero-order valence-electron chi connectivity index (χ0n) is 17.3. The van der Waals surface area contributed by atoms with Crippen molar-refractivity contribution in [2.45, 2.75) is 64.1 Å². The minimum Gasteiger partial charge on any atom is -0.492 e. The first-order valence-electron chi connectivity index (χ1n) is 10.9. The summed E-state index contributed by atoms with van der Waals surface area (Å²) in [6, 6.07) is 5.73. The lowest BCUT2D eigenvalue weighted by atomic mass is 10.0. The molecule has 0 aromatic heterocycles. The Balaban J connectivity index is 1.42. The van der Waals surface area contributed by atoms with Gasteiger partial charge in [-0.25, -0.2) is 0 Å². The predicted octanol–water partition coefficient (Wildman–Crippen LogP) is 3.08. The summed E-state index contributed by atoms with van der Waals surface area (Å²) in [5, 5.41) is 2.78. The maximum absolute atomic E-state index is 12.8. The van der Waals surface area contributed by atoms with Gasteiger partial charge in [0.2, 0.25) is 5.91 Å². The van der Waals surface area contributed by atoms with Crippen LogP contribution in [-0.2, 0) is 11.3 Å². The third-order valence-corrected chi connectivity index (χ3v) is 6.45. The number of rotatable bonds is 5. The van der Waals surface area contributed by atoms with Crippen molar-refractivity contribution in [2.75, 3.05) is 19.7 Å². The van der Waals surface area contributed by atoms with Crippen molar-refractivity contribution in [1.29, 1.82) is 0 Å². The quantitative estimate of drug-likeness (QED) is 0.829. The molecule has 1 aromatic rings.